The van der Waals surface area contributed by atoms with Gasteiger partial charge in [0.1, 0.15) is 17.6 Å². The Morgan fingerprint density at radius 1 is 1.28 bits per heavy atom. The highest BCUT2D eigenvalue weighted by Gasteiger charge is 2.26. The predicted molar refractivity (Wildman–Crippen MR) is 114 cm³/mol. The van der Waals surface area contributed by atoms with Crippen LogP contribution in [0.2, 0.25) is 5.02 Å². The molecule has 6 nitrogen and oxygen atoms in total. The van der Waals surface area contributed by atoms with Gasteiger partial charge in [0.2, 0.25) is 0 Å². The van der Waals surface area contributed by atoms with Crippen molar-refractivity contribution in [3.05, 3.63) is 57.6 Å². The van der Waals surface area contributed by atoms with E-state index in [1.54, 1.807) is 12.1 Å². The SMILES string of the molecule is CCOc1cc(O[C@H]2CCc3c(C)cccc32)c(Cl)cc1CNCCS(=O)(=O)O. The lowest BCUT2D eigenvalue weighted by atomic mass is 10.0. The third-order valence-electron chi connectivity index (χ3n) is 4.99. The van der Waals surface area contributed by atoms with E-state index in [0.717, 1.165) is 18.4 Å². The first kappa shape index (κ1) is 21.9. The molecule has 0 aromatic heterocycles. The highest BCUT2D eigenvalue weighted by molar-refractivity contribution is 7.85. The highest BCUT2D eigenvalue weighted by atomic mass is 35.5. The molecule has 1 aliphatic rings. The lowest BCUT2D eigenvalue weighted by Gasteiger charge is -2.19. The number of hydrogen-bond acceptors (Lipinski definition) is 5. The van der Waals surface area contributed by atoms with Crippen LogP contribution >= 0.6 is 11.6 Å². The third kappa shape index (κ3) is 5.63. The van der Waals surface area contributed by atoms with E-state index in [-0.39, 0.29) is 18.4 Å². The van der Waals surface area contributed by atoms with E-state index in [2.05, 4.69) is 24.4 Å². The summed E-state index contributed by atoms with van der Waals surface area (Å²) in [5.41, 5.74) is 4.62. The largest absolute Gasteiger partial charge is 0.493 e. The topological polar surface area (TPSA) is 84.9 Å². The van der Waals surface area contributed by atoms with Crippen molar-refractivity contribution in [2.45, 2.75) is 39.3 Å². The minimum atomic E-state index is -3.99. The lowest BCUT2D eigenvalue weighted by Crippen LogP contribution is -2.22. The second kappa shape index (κ2) is 9.34. The molecule has 0 bridgehead atoms. The summed E-state index contributed by atoms with van der Waals surface area (Å²) in [6, 6.07) is 9.83. The monoisotopic (exact) mass is 439 g/mol. The summed E-state index contributed by atoms with van der Waals surface area (Å²) in [5.74, 6) is 0.844. The number of benzene rings is 2. The minimum Gasteiger partial charge on any atom is -0.493 e. The molecule has 0 saturated heterocycles. The van der Waals surface area contributed by atoms with Crippen LogP contribution < -0.4 is 14.8 Å². The van der Waals surface area contributed by atoms with Crippen LogP contribution in [0, 0.1) is 6.92 Å². The van der Waals surface area contributed by atoms with E-state index < -0.39 is 10.1 Å². The summed E-state index contributed by atoms with van der Waals surface area (Å²) in [5, 5.41) is 3.45. The maximum Gasteiger partial charge on any atom is 0.266 e. The second-order valence-corrected chi connectivity index (χ2v) is 9.05. The smallest absolute Gasteiger partial charge is 0.266 e. The summed E-state index contributed by atoms with van der Waals surface area (Å²) in [7, 11) is -3.99. The summed E-state index contributed by atoms with van der Waals surface area (Å²) < 4.78 is 42.5. The second-order valence-electron chi connectivity index (χ2n) is 7.07. The van der Waals surface area contributed by atoms with Crippen LogP contribution in [0.3, 0.4) is 0 Å². The van der Waals surface area contributed by atoms with Crippen LogP contribution in [0.25, 0.3) is 0 Å². The Labute approximate surface area is 176 Å². The summed E-state index contributed by atoms with van der Waals surface area (Å²) in [4.78, 5) is 0. The van der Waals surface area contributed by atoms with Crippen LogP contribution in [-0.2, 0) is 23.1 Å². The van der Waals surface area contributed by atoms with Crippen molar-refractivity contribution in [3.63, 3.8) is 0 Å². The van der Waals surface area contributed by atoms with Gasteiger partial charge in [0.25, 0.3) is 10.1 Å². The van der Waals surface area contributed by atoms with E-state index in [1.807, 2.05) is 13.0 Å². The molecule has 0 aliphatic heterocycles. The van der Waals surface area contributed by atoms with Gasteiger partial charge in [-0.15, -0.1) is 0 Å². The third-order valence-corrected chi connectivity index (χ3v) is 6.00. The van der Waals surface area contributed by atoms with E-state index in [9.17, 15) is 8.42 Å². The number of aryl methyl sites for hydroxylation is 1. The van der Waals surface area contributed by atoms with E-state index in [0.29, 0.717) is 29.7 Å². The number of fused-ring (bicyclic) bond motifs is 1. The van der Waals surface area contributed by atoms with Crippen LogP contribution in [-0.4, -0.2) is 31.9 Å². The predicted octanol–water partition coefficient (Wildman–Crippen LogP) is 4.09. The van der Waals surface area contributed by atoms with Gasteiger partial charge in [-0.05, 0) is 49.4 Å². The summed E-state index contributed by atoms with van der Waals surface area (Å²) in [6.45, 7) is 4.96. The minimum absolute atomic E-state index is 0.0457. The van der Waals surface area contributed by atoms with Gasteiger partial charge < -0.3 is 14.8 Å². The molecule has 8 heteroatoms. The number of rotatable bonds is 9. The molecule has 0 spiro atoms. The number of hydrogen-bond donors (Lipinski definition) is 2. The standard InChI is InChI=1S/C21H26ClNO5S/c1-3-27-20-12-21(18(22)11-15(20)13-23-9-10-29(24,25)26)28-19-8-7-16-14(2)5-4-6-17(16)19/h4-6,11-12,19,23H,3,7-10,13H2,1-2H3,(H,24,25,26)/t19-/m0/s1. The van der Waals surface area contributed by atoms with Crippen LogP contribution in [0.5, 0.6) is 11.5 Å². The molecule has 0 radical (unpaired) electrons. The molecule has 1 atom stereocenters. The average molecular weight is 440 g/mol. The van der Waals surface area contributed by atoms with Crippen molar-refractivity contribution in [3.8, 4) is 11.5 Å². The summed E-state index contributed by atoms with van der Waals surface area (Å²) >= 11 is 6.48. The van der Waals surface area contributed by atoms with Gasteiger partial charge in [-0.2, -0.15) is 8.42 Å². The number of ether oxygens (including phenoxy) is 2. The van der Waals surface area contributed by atoms with E-state index in [4.69, 9.17) is 25.6 Å². The van der Waals surface area contributed by atoms with Gasteiger partial charge in [0.05, 0.1) is 17.4 Å². The molecule has 158 valence electrons. The Hall–Kier alpha value is -1.80. The van der Waals surface area contributed by atoms with Crippen molar-refractivity contribution < 1.29 is 22.4 Å². The molecule has 3 rings (SSSR count). The Balaban J connectivity index is 1.75. The zero-order chi connectivity index (χ0) is 21.0. The number of halogens is 1. The molecule has 0 amide bonds. The molecule has 0 unspecified atom stereocenters. The average Bonchev–Trinajstić information content (AvgIpc) is 3.06. The highest BCUT2D eigenvalue weighted by Crippen LogP contribution is 2.40. The molecule has 0 heterocycles. The Morgan fingerprint density at radius 2 is 2.07 bits per heavy atom. The first-order valence-electron chi connectivity index (χ1n) is 9.64. The number of nitrogens with one attached hydrogen (secondary N) is 1. The van der Waals surface area contributed by atoms with Crippen molar-refractivity contribution in [2.24, 2.45) is 0 Å². The molecular formula is C21H26ClNO5S. The van der Waals surface area contributed by atoms with Crippen LogP contribution in [0.15, 0.2) is 30.3 Å². The van der Waals surface area contributed by atoms with Gasteiger partial charge in [0, 0.05) is 24.7 Å². The van der Waals surface area contributed by atoms with Gasteiger partial charge in [-0.25, -0.2) is 0 Å². The molecule has 2 N–H and O–H groups in total. The fourth-order valence-electron chi connectivity index (χ4n) is 3.59. The lowest BCUT2D eigenvalue weighted by molar-refractivity contribution is 0.206. The van der Waals surface area contributed by atoms with Crippen molar-refractivity contribution >= 4 is 21.7 Å². The summed E-state index contributed by atoms with van der Waals surface area (Å²) in [6.07, 6.45) is 1.84. The molecule has 0 saturated carbocycles. The molecule has 0 fully saturated rings. The van der Waals surface area contributed by atoms with Gasteiger partial charge in [-0.3, -0.25) is 4.55 Å². The van der Waals surface area contributed by atoms with Crippen LogP contribution in [0.1, 0.15) is 41.7 Å². The van der Waals surface area contributed by atoms with Crippen molar-refractivity contribution in [2.75, 3.05) is 18.9 Å². The quantitative estimate of drug-likeness (QED) is 0.452. The van der Waals surface area contributed by atoms with Gasteiger partial charge in [0.15, 0.2) is 0 Å². The van der Waals surface area contributed by atoms with Crippen LogP contribution in [0.4, 0.5) is 0 Å². The van der Waals surface area contributed by atoms with Crippen molar-refractivity contribution in [1.82, 2.24) is 5.32 Å². The molecule has 29 heavy (non-hydrogen) atoms. The Kier molecular flexibility index (Phi) is 7.05. The van der Waals surface area contributed by atoms with E-state index >= 15 is 0 Å². The van der Waals surface area contributed by atoms with Crippen molar-refractivity contribution in [1.29, 1.82) is 0 Å². The Bertz CT molecular complexity index is 977. The Morgan fingerprint density at radius 3 is 2.79 bits per heavy atom. The zero-order valence-corrected chi connectivity index (χ0v) is 18.1. The van der Waals surface area contributed by atoms with Gasteiger partial charge in [-0.1, -0.05) is 29.8 Å². The maximum absolute atomic E-state index is 10.8. The first-order chi connectivity index (χ1) is 13.8. The molecular weight excluding hydrogens is 414 g/mol. The zero-order valence-electron chi connectivity index (χ0n) is 16.6. The molecule has 2 aromatic carbocycles. The fourth-order valence-corrected chi connectivity index (χ4v) is 4.23. The van der Waals surface area contributed by atoms with Gasteiger partial charge >= 0.3 is 0 Å². The maximum atomic E-state index is 10.8. The molecule has 1 aliphatic carbocycles. The first-order valence-corrected chi connectivity index (χ1v) is 11.6. The van der Waals surface area contributed by atoms with E-state index in [1.165, 1.54) is 16.7 Å². The normalized spacial score (nSPS) is 15.9. The molecule has 2 aromatic rings. The fraction of sp³-hybridized carbons (Fsp3) is 0.429.